The Morgan fingerprint density at radius 1 is 1.35 bits per heavy atom. The zero-order valence-corrected chi connectivity index (χ0v) is 10.4. The zero-order chi connectivity index (χ0) is 12.1. The fourth-order valence-electron chi connectivity index (χ4n) is 2.28. The molecule has 17 heavy (non-hydrogen) atoms. The molecule has 1 fully saturated rings. The Balaban J connectivity index is 1.93. The molecule has 1 heterocycles. The highest BCUT2D eigenvalue weighted by atomic mass is 16.1. The summed E-state index contributed by atoms with van der Waals surface area (Å²) >= 11 is 0. The Hall–Kier alpha value is -1.38. The van der Waals surface area contributed by atoms with Crippen LogP contribution in [-0.2, 0) is 6.42 Å². The third-order valence-corrected chi connectivity index (χ3v) is 3.39. The van der Waals surface area contributed by atoms with E-state index in [4.69, 9.17) is 0 Å². The lowest BCUT2D eigenvalue weighted by atomic mass is 9.95. The van der Waals surface area contributed by atoms with E-state index in [1.807, 2.05) is 12.1 Å². The summed E-state index contributed by atoms with van der Waals surface area (Å²) in [7, 11) is 0. The van der Waals surface area contributed by atoms with Gasteiger partial charge in [0.15, 0.2) is 0 Å². The van der Waals surface area contributed by atoms with Gasteiger partial charge in [-0.2, -0.15) is 0 Å². The molecule has 1 N–H and O–H groups in total. The summed E-state index contributed by atoms with van der Waals surface area (Å²) in [4.78, 5) is 16.2. The predicted molar refractivity (Wildman–Crippen MR) is 68.0 cm³/mol. The molecule has 0 aliphatic heterocycles. The number of pyridine rings is 1. The maximum absolute atomic E-state index is 12.0. The minimum Gasteiger partial charge on any atom is -0.349 e. The van der Waals surface area contributed by atoms with Crippen LogP contribution in [0.4, 0.5) is 0 Å². The number of carbonyl (C=O) groups is 1. The molecular formula is C14H20N2O. The van der Waals surface area contributed by atoms with Gasteiger partial charge in [0, 0.05) is 17.9 Å². The van der Waals surface area contributed by atoms with Crippen molar-refractivity contribution in [1.82, 2.24) is 10.3 Å². The largest absolute Gasteiger partial charge is 0.349 e. The highest BCUT2D eigenvalue weighted by Gasteiger charge is 2.16. The number of nitrogens with zero attached hydrogens (tertiary/aromatic N) is 1. The molecule has 0 radical (unpaired) electrons. The van der Waals surface area contributed by atoms with Crippen molar-refractivity contribution >= 4 is 5.91 Å². The Morgan fingerprint density at radius 3 is 2.71 bits per heavy atom. The summed E-state index contributed by atoms with van der Waals surface area (Å²) < 4.78 is 0. The van der Waals surface area contributed by atoms with Crippen LogP contribution in [-0.4, -0.2) is 16.9 Å². The van der Waals surface area contributed by atoms with E-state index >= 15 is 0 Å². The van der Waals surface area contributed by atoms with Crippen LogP contribution in [0.3, 0.4) is 0 Å². The van der Waals surface area contributed by atoms with Crippen LogP contribution < -0.4 is 5.32 Å². The number of rotatable bonds is 3. The number of aromatic nitrogens is 1. The van der Waals surface area contributed by atoms with Crippen LogP contribution in [0.25, 0.3) is 0 Å². The normalized spacial score (nSPS) is 16.8. The van der Waals surface area contributed by atoms with Crippen LogP contribution >= 0.6 is 0 Å². The van der Waals surface area contributed by atoms with Gasteiger partial charge in [-0.05, 0) is 31.4 Å². The van der Waals surface area contributed by atoms with Crippen molar-refractivity contribution in [3.8, 4) is 0 Å². The summed E-state index contributed by atoms with van der Waals surface area (Å²) in [5.41, 5.74) is 1.70. The molecule has 0 unspecified atom stereocenters. The molecular weight excluding hydrogens is 212 g/mol. The van der Waals surface area contributed by atoms with Crippen molar-refractivity contribution in [2.24, 2.45) is 0 Å². The number of aryl methyl sites for hydroxylation is 1. The average molecular weight is 232 g/mol. The van der Waals surface area contributed by atoms with Gasteiger partial charge in [-0.1, -0.05) is 26.2 Å². The summed E-state index contributed by atoms with van der Waals surface area (Å²) in [6, 6.07) is 4.15. The minimum absolute atomic E-state index is 0.0204. The van der Waals surface area contributed by atoms with Crippen LogP contribution in [0, 0.1) is 0 Å². The molecule has 92 valence electrons. The highest BCUT2D eigenvalue weighted by Crippen LogP contribution is 2.17. The summed E-state index contributed by atoms with van der Waals surface area (Å²) in [5, 5.41) is 3.09. The number of carbonyl (C=O) groups excluding carboxylic acids is 1. The highest BCUT2D eigenvalue weighted by molar-refractivity contribution is 5.94. The molecule has 1 saturated carbocycles. The molecule has 1 amide bonds. The number of hydrogen-bond donors (Lipinski definition) is 1. The van der Waals surface area contributed by atoms with Crippen LogP contribution in [0.2, 0.25) is 0 Å². The van der Waals surface area contributed by atoms with Crippen LogP contribution in [0.1, 0.15) is 55.1 Å². The van der Waals surface area contributed by atoms with Gasteiger partial charge < -0.3 is 5.32 Å². The quantitative estimate of drug-likeness (QED) is 0.870. The van der Waals surface area contributed by atoms with E-state index in [1.54, 1.807) is 6.20 Å². The number of amides is 1. The lowest BCUT2D eigenvalue weighted by molar-refractivity contribution is 0.0927. The van der Waals surface area contributed by atoms with E-state index in [0.717, 1.165) is 25.0 Å². The predicted octanol–water partition coefficient (Wildman–Crippen LogP) is 2.71. The molecule has 1 aromatic rings. The topological polar surface area (TPSA) is 42.0 Å². The van der Waals surface area contributed by atoms with Gasteiger partial charge in [-0.3, -0.25) is 9.78 Å². The molecule has 2 rings (SSSR count). The standard InChI is InChI=1S/C14H20N2O/c1-2-12-9-8-11(10-15-12)14(17)16-13-6-4-3-5-7-13/h8-10,13H,2-7H2,1H3,(H,16,17). The third kappa shape index (κ3) is 3.29. The van der Waals surface area contributed by atoms with E-state index in [0.29, 0.717) is 11.6 Å². The van der Waals surface area contributed by atoms with Gasteiger partial charge in [0.1, 0.15) is 0 Å². The van der Waals surface area contributed by atoms with Gasteiger partial charge in [-0.25, -0.2) is 0 Å². The SMILES string of the molecule is CCc1ccc(C(=O)NC2CCCCC2)cn1. The second kappa shape index (κ2) is 5.80. The van der Waals surface area contributed by atoms with E-state index < -0.39 is 0 Å². The second-order valence-electron chi connectivity index (χ2n) is 4.70. The Morgan fingerprint density at radius 2 is 2.12 bits per heavy atom. The minimum atomic E-state index is 0.0204. The molecule has 0 spiro atoms. The first-order chi connectivity index (χ1) is 8.29. The Labute approximate surface area is 103 Å². The number of hydrogen-bond acceptors (Lipinski definition) is 2. The molecule has 1 aromatic heterocycles. The maximum atomic E-state index is 12.0. The smallest absolute Gasteiger partial charge is 0.253 e. The van der Waals surface area contributed by atoms with E-state index in [9.17, 15) is 4.79 Å². The third-order valence-electron chi connectivity index (χ3n) is 3.39. The average Bonchev–Trinajstić information content (AvgIpc) is 2.40. The van der Waals surface area contributed by atoms with Crippen molar-refractivity contribution in [1.29, 1.82) is 0 Å². The maximum Gasteiger partial charge on any atom is 0.253 e. The lowest BCUT2D eigenvalue weighted by Crippen LogP contribution is -2.36. The molecule has 0 saturated heterocycles. The molecule has 0 atom stereocenters. The first kappa shape index (κ1) is 12.1. The van der Waals surface area contributed by atoms with Crippen LogP contribution in [0.15, 0.2) is 18.3 Å². The van der Waals surface area contributed by atoms with E-state index in [2.05, 4.69) is 17.2 Å². The van der Waals surface area contributed by atoms with Crippen molar-refractivity contribution in [2.45, 2.75) is 51.5 Å². The van der Waals surface area contributed by atoms with Gasteiger partial charge in [-0.15, -0.1) is 0 Å². The first-order valence-electron chi connectivity index (χ1n) is 6.55. The van der Waals surface area contributed by atoms with Crippen molar-refractivity contribution in [2.75, 3.05) is 0 Å². The lowest BCUT2D eigenvalue weighted by Gasteiger charge is -2.22. The molecule has 3 heteroatoms. The molecule has 1 aliphatic carbocycles. The summed E-state index contributed by atoms with van der Waals surface area (Å²) in [6.45, 7) is 2.06. The van der Waals surface area contributed by atoms with Gasteiger partial charge in [0.2, 0.25) is 0 Å². The zero-order valence-electron chi connectivity index (χ0n) is 10.4. The van der Waals surface area contributed by atoms with Crippen molar-refractivity contribution in [3.63, 3.8) is 0 Å². The molecule has 0 bridgehead atoms. The first-order valence-corrected chi connectivity index (χ1v) is 6.55. The van der Waals surface area contributed by atoms with Gasteiger partial charge in [0.05, 0.1) is 5.56 Å². The van der Waals surface area contributed by atoms with Crippen LogP contribution in [0.5, 0.6) is 0 Å². The van der Waals surface area contributed by atoms with Gasteiger partial charge >= 0.3 is 0 Å². The molecule has 3 nitrogen and oxygen atoms in total. The van der Waals surface area contributed by atoms with Crippen molar-refractivity contribution < 1.29 is 4.79 Å². The van der Waals surface area contributed by atoms with Gasteiger partial charge in [0.25, 0.3) is 5.91 Å². The molecule has 0 aromatic carbocycles. The summed E-state index contributed by atoms with van der Waals surface area (Å²) in [5.74, 6) is 0.0204. The summed E-state index contributed by atoms with van der Waals surface area (Å²) in [6.07, 6.45) is 8.59. The second-order valence-corrected chi connectivity index (χ2v) is 4.70. The number of nitrogens with one attached hydrogen (secondary N) is 1. The van der Waals surface area contributed by atoms with E-state index in [1.165, 1.54) is 19.3 Å². The molecule has 1 aliphatic rings. The Kier molecular flexibility index (Phi) is 4.13. The van der Waals surface area contributed by atoms with E-state index in [-0.39, 0.29) is 5.91 Å². The monoisotopic (exact) mass is 232 g/mol. The fraction of sp³-hybridized carbons (Fsp3) is 0.571. The Bertz CT molecular complexity index is 366. The fourth-order valence-corrected chi connectivity index (χ4v) is 2.28. The van der Waals surface area contributed by atoms with Crippen molar-refractivity contribution in [3.05, 3.63) is 29.6 Å².